The molecule has 1 aliphatic heterocycles. The van der Waals surface area contributed by atoms with Crippen LogP contribution in [0.2, 0.25) is 0 Å². The van der Waals surface area contributed by atoms with Crippen molar-refractivity contribution in [2.45, 2.75) is 30.3 Å². The standard InChI is InChI=1S/C6H12N4O5/c7-5-4(13)3(12)2(1-11)15-6(5,14)9-10-8/h2-5,11-14H,1,7H2/t2-,3-,4+,5+,6?/m1/s1. The van der Waals surface area contributed by atoms with Gasteiger partial charge in [0.2, 0.25) is 0 Å². The molecule has 0 aromatic heterocycles. The van der Waals surface area contributed by atoms with Crippen LogP contribution in [0.25, 0.3) is 10.4 Å². The van der Waals surface area contributed by atoms with E-state index in [1.54, 1.807) is 0 Å². The number of hydrogen-bond acceptors (Lipinski definition) is 7. The molecular weight excluding hydrogens is 208 g/mol. The topological polar surface area (TPSA) is 165 Å². The smallest absolute Gasteiger partial charge is 0.265 e. The molecule has 9 heteroatoms. The van der Waals surface area contributed by atoms with Gasteiger partial charge in [-0.1, -0.05) is 0 Å². The molecule has 0 saturated carbocycles. The molecule has 1 aliphatic rings. The summed E-state index contributed by atoms with van der Waals surface area (Å²) < 4.78 is 4.71. The van der Waals surface area contributed by atoms with Crippen LogP contribution in [-0.2, 0) is 4.74 Å². The third-order valence-corrected chi connectivity index (χ3v) is 2.23. The van der Waals surface area contributed by atoms with E-state index in [1.807, 2.05) is 0 Å². The van der Waals surface area contributed by atoms with Gasteiger partial charge < -0.3 is 30.9 Å². The van der Waals surface area contributed by atoms with Gasteiger partial charge in [0.05, 0.1) is 12.6 Å². The molecule has 1 heterocycles. The first-order chi connectivity index (χ1) is 6.96. The summed E-state index contributed by atoms with van der Waals surface area (Å²) in [6.45, 7) is -0.659. The predicted molar refractivity (Wildman–Crippen MR) is 46.0 cm³/mol. The maximum Gasteiger partial charge on any atom is 0.265 e. The minimum Gasteiger partial charge on any atom is -0.394 e. The fourth-order valence-electron chi connectivity index (χ4n) is 1.33. The average Bonchev–Trinajstić information content (AvgIpc) is 2.21. The Labute approximate surface area is 84.3 Å². The van der Waals surface area contributed by atoms with Crippen molar-refractivity contribution in [3.8, 4) is 0 Å². The fourth-order valence-corrected chi connectivity index (χ4v) is 1.33. The summed E-state index contributed by atoms with van der Waals surface area (Å²) in [5, 5.41) is 40.0. The van der Waals surface area contributed by atoms with Crippen LogP contribution >= 0.6 is 0 Å². The fraction of sp³-hybridized carbons (Fsp3) is 1.00. The Hall–Kier alpha value is -0.930. The van der Waals surface area contributed by atoms with E-state index < -0.39 is 36.9 Å². The molecule has 1 fully saturated rings. The first-order valence-electron chi connectivity index (χ1n) is 4.15. The van der Waals surface area contributed by atoms with Crippen LogP contribution in [0.15, 0.2) is 5.11 Å². The van der Waals surface area contributed by atoms with Gasteiger partial charge in [-0.15, -0.1) is 0 Å². The number of hydrogen-bond donors (Lipinski definition) is 5. The SMILES string of the molecule is [N-]=[N+]=NC1(O)O[C@H](CO)[C@@H](O)[C@H](O)[C@@H]1N. The molecule has 9 nitrogen and oxygen atoms in total. The molecule has 0 aliphatic carbocycles. The molecule has 0 bridgehead atoms. The lowest BCUT2D eigenvalue weighted by atomic mass is 9.95. The lowest BCUT2D eigenvalue weighted by Crippen LogP contribution is -2.67. The van der Waals surface area contributed by atoms with Crippen LogP contribution in [0.3, 0.4) is 0 Å². The quantitative estimate of drug-likeness (QED) is 0.194. The highest BCUT2D eigenvalue weighted by Gasteiger charge is 2.51. The third kappa shape index (κ3) is 2.03. The molecule has 1 saturated heterocycles. The molecule has 6 N–H and O–H groups in total. The molecule has 1 unspecified atom stereocenters. The zero-order valence-corrected chi connectivity index (χ0v) is 7.63. The highest BCUT2D eigenvalue weighted by atomic mass is 16.7. The molecule has 15 heavy (non-hydrogen) atoms. The van der Waals surface area contributed by atoms with E-state index in [0.29, 0.717) is 0 Å². The highest BCUT2D eigenvalue weighted by molar-refractivity contribution is 4.97. The molecule has 5 atom stereocenters. The van der Waals surface area contributed by atoms with Gasteiger partial charge in [-0.05, 0) is 10.6 Å². The van der Waals surface area contributed by atoms with Crippen molar-refractivity contribution in [2.24, 2.45) is 10.8 Å². The van der Waals surface area contributed by atoms with Crippen LogP contribution in [0.5, 0.6) is 0 Å². The summed E-state index contributed by atoms with van der Waals surface area (Å²) in [6.07, 6.45) is -4.29. The zero-order valence-electron chi connectivity index (χ0n) is 7.63. The second-order valence-corrected chi connectivity index (χ2v) is 3.19. The zero-order chi connectivity index (χ0) is 11.6. The minimum atomic E-state index is -2.47. The summed E-state index contributed by atoms with van der Waals surface area (Å²) in [5.74, 6) is -2.47. The lowest BCUT2D eigenvalue weighted by Gasteiger charge is -2.43. The Morgan fingerprint density at radius 3 is 2.53 bits per heavy atom. The minimum absolute atomic E-state index is 0.659. The Bertz CT molecular complexity index is 281. The summed E-state index contributed by atoms with van der Waals surface area (Å²) >= 11 is 0. The number of nitrogens with zero attached hydrogens (tertiary/aromatic N) is 3. The van der Waals surface area contributed by atoms with Crippen LogP contribution in [0.4, 0.5) is 0 Å². The van der Waals surface area contributed by atoms with Crippen molar-refractivity contribution in [1.82, 2.24) is 0 Å². The van der Waals surface area contributed by atoms with Gasteiger partial charge in [-0.2, -0.15) is 0 Å². The molecular formula is C6H12N4O5. The largest absolute Gasteiger partial charge is 0.394 e. The summed E-state index contributed by atoms with van der Waals surface area (Å²) in [4.78, 5) is 2.31. The number of nitrogens with two attached hydrogens (primary N) is 1. The maximum atomic E-state index is 9.58. The van der Waals surface area contributed by atoms with Gasteiger partial charge >= 0.3 is 0 Å². The van der Waals surface area contributed by atoms with Gasteiger partial charge in [-0.3, -0.25) is 0 Å². The highest BCUT2D eigenvalue weighted by Crippen LogP contribution is 2.27. The number of ether oxygens (including phenoxy) is 1. The first kappa shape index (κ1) is 12.1. The third-order valence-electron chi connectivity index (χ3n) is 2.23. The van der Waals surface area contributed by atoms with Crippen molar-refractivity contribution in [3.05, 3.63) is 10.4 Å². The van der Waals surface area contributed by atoms with Gasteiger partial charge in [-0.25, -0.2) is 0 Å². The van der Waals surface area contributed by atoms with Crippen LogP contribution < -0.4 is 5.73 Å². The van der Waals surface area contributed by atoms with E-state index in [2.05, 4.69) is 10.0 Å². The molecule has 0 aromatic rings. The summed E-state index contributed by atoms with van der Waals surface area (Å²) in [6, 6.07) is -1.49. The van der Waals surface area contributed by atoms with Crippen molar-refractivity contribution >= 4 is 0 Å². The molecule has 0 radical (unpaired) electrons. The second-order valence-electron chi connectivity index (χ2n) is 3.19. The van der Waals surface area contributed by atoms with Crippen LogP contribution in [0.1, 0.15) is 0 Å². The van der Waals surface area contributed by atoms with E-state index >= 15 is 0 Å². The van der Waals surface area contributed by atoms with Crippen molar-refractivity contribution in [2.75, 3.05) is 6.61 Å². The maximum absolute atomic E-state index is 9.58. The van der Waals surface area contributed by atoms with Gasteiger partial charge in [0.25, 0.3) is 5.91 Å². The Balaban J connectivity index is 2.97. The molecule has 0 spiro atoms. The van der Waals surface area contributed by atoms with Gasteiger partial charge in [0.15, 0.2) is 0 Å². The molecule has 0 aromatic carbocycles. The van der Waals surface area contributed by atoms with E-state index in [9.17, 15) is 15.3 Å². The summed E-state index contributed by atoms with van der Waals surface area (Å²) in [5.41, 5.74) is 13.5. The molecule has 86 valence electrons. The molecule has 1 rings (SSSR count). The van der Waals surface area contributed by atoms with E-state index in [1.165, 1.54) is 0 Å². The van der Waals surface area contributed by atoms with E-state index in [-0.39, 0.29) is 0 Å². The summed E-state index contributed by atoms with van der Waals surface area (Å²) in [7, 11) is 0. The van der Waals surface area contributed by atoms with Crippen molar-refractivity contribution in [1.29, 1.82) is 0 Å². The van der Waals surface area contributed by atoms with Crippen LogP contribution in [-0.4, -0.2) is 57.3 Å². The monoisotopic (exact) mass is 220 g/mol. The second kappa shape index (κ2) is 4.29. The first-order valence-corrected chi connectivity index (χ1v) is 4.15. The Morgan fingerprint density at radius 1 is 1.47 bits per heavy atom. The van der Waals surface area contributed by atoms with E-state index in [4.69, 9.17) is 21.1 Å². The van der Waals surface area contributed by atoms with Crippen molar-refractivity contribution < 1.29 is 25.2 Å². The molecule has 0 amide bonds. The van der Waals surface area contributed by atoms with Gasteiger partial charge in [0.1, 0.15) is 18.3 Å². The lowest BCUT2D eigenvalue weighted by molar-refractivity contribution is -0.310. The van der Waals surface area contributed by atoms with E-state index in [0.717, 1.165) is 0 Å². The average molecular weight is 220 g/mol. The number of aliphatic hydroxyl groups is 4. The van der Waals surface area contributed by atoms with Gasteiger partial charge in [0, 0.05) is 4.91 Å². The number of aliphatic hydroxyl groups excluding tert-OH is 3. The van der Waals surface area contributed by atoms with Crippen molar-refractivity contribution in [3.63, 3.8) is 0 Å². The normalized spacial score (nSPS) is 45.9. The Morgan fingerprint density at radius 2 is 2.07 bits per heavy atom. The predicted octanol–water partition coefficient (Wildman–Crippen LogP) is -2.62. The number of rotatable bonds is 2. The Kier molecular flexibility index (Phi) is 3.47. The number of azide groups is 1. The van der Waals surface area contributed by atoms with Crippen LogP contribution in [0, 0.1) is 0 Å².